The van der Waals surface area contributed by atoms with Crippen molar-refractivity contribution in [2.45, 2.75) is 65.2 Å². The molecular weight excluding hydrogens is 238 g/mol. The summed E-state index contributed by atoms with van der Waals surface area (Å²) in [6.45, 7) is 8.68. The number of nitrogens with zero attached hydrogens (tertiary/aromatic N) is 2. The van der Waals surface area contributed by atoms with Crippen molar-refractivity contribution in [2.24, 2.45) is 11.7 Å². The number of aryl methyl sites for hydroxylation is 2. The summed E-state index contributed by atoms with van der Waals surface area (Å²) in [5, 5.41) is 4.56. The number of nitrogens with two attached hydrogens (primary N) is 1. The molecule has 1 aromatic rings. The van der Waals surface area contributed by atoms with Crippen LogP contribution >= 0.6 is 0 Å². The standard InChI is InChI=1S/C15H27N3O/c1-4-13-8-14(18(5-2)17-13)10-19-15(11-16)7-6-12(3)9-15/h8,12H,4-7,9-11,16H2,1-3H3. The van der Waals surface area contributed by atoms with E-state index in [-0.39, 0.29) is 5.60 Å². The molecule has 1 heterocycles. The predicted octanol–water partition coefficient (Wildman–Crippen LogP) is 2.50. The van der Waals surface area contributed by atoms with Gasteiger partial charge >= 0.3 is 0 Å². The summed E-state index contributed by atoms with van der Waals surface area (Å²) in [7, 11) is 0. The summed E-state index contributed by atoms with van der Waals surface area (Å²) in [6, 6.07) is 2.16. The summed E-state index contributed by atoms with van der Waals surface area (Å²) >= 11 is 0. The van der Waals surface area contributed by atoms with E-state index in [1.807, 2.05) is 4.68 Å². The molecule has 19 heavy (non-hydrogen) atoms. The molecule has 2 unspecified atom stereocenters. The van der Waals surface area contributed by atoms with Gasteiger partial charge < -0.3 is 10.5 Å². The van der Waals surface area contributed by atoms with Gasteiger partial charge in [0.05, 0.1) is 23.6 Å². The van der Waals surface area contributed by atoms with Crippen LogP contribution in [-0.4, -0.2) is 21.9 Å². The van der Waals surface area contributed by atoms with Crippen molar-refractivity contribution >= 4 is 0 Å². The molecule has 2 atom stereocenters. The quantitative estimate of drug-likeness (QED) is 0.860. The Hall–Kier alpha value is -0.870. The molecule has 1 aromatic heterocycles. The largest absolute Gasteiger partial charge is 0.367 e. The molecule has 0 spiro atoms. The van der Waals surface area contributed by atoms with E-state index in [2.05, 4.69) is 31.9 Å². The van der Waals surface area contributed by atoms with Crippen molar-refractivity contribution < 1.29 is 4.74 Å². The van der Waals surface area contributed by atoms with E-state index in [1.54, 1.807) is 0 Å². The van der Waals surface area contributed by atoms with E-state index in [0.29, 0.717) is 13.2 Å². The first-order valence-corrected chi connectivity index (χ1v) is 7.52. The molecule has 2 rings (SSSR count). The Morgan fingerprint density at radius 1 is 1.53 bits per heavy atom. The molecule has 1 aliphatic carbocycles. The van der Waals surface area contributed by atoms with E-state index in [9.17, 15) is 0 Å². The molecule has 0 radical (unpaired) electrons. The topological polar surface area (TPSA) is 53.1 Å². The maximum Gasteiger partial charge on any atom is 0.0893 e. The Balaban J connectivity index is 2.03. The fourth-order valence-electron chi connectivity index (χ4n) is 3.03. The third-order valence-electron chi connectivity index (χ3n) is 4.29. The molecule has 1 aliphatic rings. The zero-order valence-corrected chi connectivity index (χ0v) is 12.5. The van der Waals surface area contributed by atoms with Crippen LogP contribution in [0.5, 0.6) is 0 Å². The number of rotatable bonds is 6. The Morgan fingerprint density at radius 2 is 2.32 bits per heavy atom. The van der Waals surface area contributed by atoms with Crippen LogP contribution < -0.4 is 5.73 Å². The van der Waals surface area contributed by atoms with Gasteiger partial charge in [-0.1, -0.05) is 13.8 Å². The van der Waals surface area contributed by atoms with Crippen molar-refractivity contribution in [2.75, 3.05) is 6.54 Å². The Kier molecular flexibility index (Phi) is 4.63. The highest BCUT2D eigenvalue weighted by Gasteiger charge is 2.37. The van der Waals surface area contributed by atoms with Gasteiger partial charge in [-0.2, -0.15) is 5.10 Å². The van der Waals surface area contributed by atoms with Gasteiger partial charge in [-0.3, -0.25) is 4.68 Å². The molecule has 108 valence electrons. The van der Waals surface area contributed by atoms with Gasteiger partial charge in [0, 0.05) is 13.1 Å². The molecule has 4 heteroatoms. The molecule has 1 fully saturated rings. The van der Waals surface area contributed by atoms with Crippen LogP contribution in [0.4, 0.5) is 0 Å². The third kappa shape index (κ3) is 3.18. The highest BCUT2D eigenvalue weighted by atomic mass is 16.5. The lowest BCUT2D eigenvalue weighted by molar-refractivity contribution is -0.0496. The molecular formula is C15H27N3O. The fraction of sp³-hybridized carbons (Fsp3) is 0.800. The van der Waals surface area contributed by atoms with Gasteiger partial charge in [0.15, 0.2) is 0 Å². The van der Waals surface area contributed by atoms with E-state index < -0.39 is 0 Å². The second-order valence-electron chi connectivity index (χ2n) is 5.82. The zero-order chi connectivity index (χ0) is 13.9. The van der Waals surface area contributed by atoms with Crippen molar-refractivity contribution in [1.29, 1.82) is 0 Å². The average Bonchev–Trinajstić information content (AvgIpc) is 3.00. The van der Waals surface area contributed by atoms with Crippen LogP contribution in [0.15, 0.2) is 6.07 Å². The SMILES string of the molecule is CCc1cc(COC2(CN)CCC(C)C2)n(CC)n1. The number of hydrogen-bond donors (Lipinski definition) is 1. The van der Waals surface area contributed by atoms with Crippen molar-refractivity contribution in [3.05, 3.63) is 17.5 Å². The van der Waals surface area contributed by atoms with E-state index in [1.165, 1.54) is 12.1 Å². The molecule has 0 aromatic carbocycles. The average molecular weight is 265 g/mol. The first kappa shape index (κ1) is 14.5. The van der Waals surface area contributed by atoms with Crippen molar-refractivity contribution in [3.63, 3.8) is 0 Å². The first-order valence-electron chi connectivity index (χ1n) is 7.52. The summed E-state index contributed by atoms with van der Waals surface area (Å²) in [5.74, 6) is 0.728. The fourth-order valence-corrected chi connectivity index (χ4v) is 3.03. The van der Waals surface area contributed by atoms with Crippen LogP contribution in [0.25, 0.3) is 0 Å². The number of ether oxygens (including phenoxy) is 1. The second kappa shape index (κ2) is 6.06. The van der Waals surface area contributed by atoms with Crippen molar-refractivity contribution in [1.82, 2.24) is 9.78 Å². The minimum Gasteiger partial charge on any atom is -0.367 e. The lowest BCUT2D eigenvalue weighted by atomic mass is 10.0. The summed E-state index contributed by atoms with van der Waals surface area (Å²) in [4.78, 5) is 0. The maximum atomic E-state index is 6.21. The van der Waals surface area contributed by atoms with Gasteiger partial charge in [-0.05, 0) is 44.6 Å². The van der Waals surface area contributed by atoms with E-state index in [0.717, 1.165) is 37.4 Å². The molecule has 1 saturated carbocycles. The molecule has 0 saturated heterocycles. The van der Waals surface area contributed by atoms with Crippen LogP contribution in [0.1, 0.15) is 51.4 Å². The van der Waals surface area contributed by atoms with Crippen LogP contribution in [0.2, 0.25) is 0 Å². The first-order chi connectivity index (χ1) is 9.12. The van der Waals surface area contributed by atoms with Gasteiger partial charge in [-0.15, -0.1) is 0 Å². The normalized spacial score (nSPS) is 27.1. The van der Waals surface area contributed by atoms with Gasteiger partial charge in [0.2, 0.25) is 0 Å². The van der Waals surface area contributed by atoms with E-state index in [4.69, 9.17) is 10.5 Å². The summed E-state index contributed by atoms with van der Waals surface area (Å²) in [5.41, 5.74) is 8.16. The maximum absolute atomic E-state index is 6.21. The molecule has 0 amide bonds. The smallest absolute Gasteiger partial charge is 0.0893 e. The highest BCUT2D eigenvalue weighted by molar-refractivity contribution is 5.10. The minimum absolute atomic E-state index is 0.103. The van der Waals surface area contributed by atoms with Crippen LogP contribution in [0, 0.1) is 5.92 Å². The second-order valence-corrected chi connectivity index (χ2v) is 5.82. The highest BCUT2D eigenvalue weighted by Crippen LogP contribution is 2.37. The van der Waals surface area contributed by atoms with Gasteiger partial charge in [0.1, 0.15) is 0 Å². The Bertz CT molecular complexity index is 416. The van der Waals surface area contributed by atoms with Crippen LogP contribution in [0.3, 0.4) is 0 Å². The van der Waals surface area contributed by atoms with Gasteiger partial charge in [0.25, 0.3) is 0 Å². The minimum atomic E-state index is -0.103. The molecule has 4 nitrogen and oxygen atoms in total. The predicted molar refractivity (Wildman–Crippen MR) is 76.9 cm³/mol. The van der Waals surface area contributed by atoms with Crippen LogP contribution in [-0.2, 0) is 24.3 Å². The number of aromatic nitrogens is 2. The summed E-state index contributed by atoms with van der Waals surface area (Å²) in [6.07, 6.45) is 4.37. The zero-order valence-electron chi connectivity index (χ0n) is 12.5. The Morgan fingerprint density at radius 3 is 2.84 bits per heavy atom. The lowest BCUT2D eigenvalue weighted by Crippen LogP contribution is -2.38. The molecule has 0 bridgehead atoms. The van der Waals surface area contributed by atoms with Crippen molar-refractivity contribution in [3.8, 4) is 0 Å². The van der Waals surface area contributed by atoms with E-state index >= 15 is 0 Å². The molecule has 0 aliphatic heterocycles. The van der Waals surface area contributed by atoms with Gasteiger partial charge in [-0.25, -0.2) is 0 Å². The lowest BCUT2D eigenvalue weighted by Gasteiger charge is -2.28. The Labute approximate surface area is 116 Å². The summed E-state index contributed by atoms with van der Waals surface area (Å²) < 4.78 is 8.25. The third-order valence-corrected chi connectivity index (χ3v) is 4.29. The monoisotopic (exact) mass is 265 g/mol. The number of hydrogen-bond acceptors (Lipinski definition) is 3. The molecule has 2 N–H and O–H groups in total.